The zero-order valence-electron chi connectivity index (χ0n) is 30.5. The van der Waals surface area contributed by atoms with Gasteiger partial charge in [0.15, 0.2) is 0 Å². The summed E-state index contributed by atoms with van der Waals surface area (Å²) in [6.07, 6.45) is 36.5. The molecule has 2 heteroatoms. The van der Waals surface area contributed by atoms with Crippen LogP contribution in [0.15, 0.2) is 0 Å². The highest BCUT2D eigenvalue weighted by atomic mass is 28.4. The third-order valence-corrected chi connectivity index (χ3v) is 17.5. The third-order valence-electron chi connectivity index (χ3n) is 10.9. The Labute approximate surface area is 263 Å². The van der Waals surface area contributed by atoms with Gasteiger partial charge in [-0.1, -0.05) is 216 Å². The Morgan fingerprint density at radius 1 is 0.317 bits per heavy atom. The number of rotatable bonds is 30. The molecule has 0 heterocycles. The summed E-state index contributed by atoms with van der Waals surface area (Å²) in [7, 11) is -2.69. The van der Waals surface area contributed by atoms with Crippen molar-refractivity contribution in [3.05, 3.63) is 0 Å². The molecule has 0 saturated heterocycles. The van der Waals surface area contributed by atoms with Crippen molar-refractivity contribution in [1.29, 1.82) is 0 Å². The van der Waals surface area contributed by atoms with Crippen molar-refractivity contribution in [3.8, 4) is 0 Å². The average molecular weight is 595 g/mol. The Morgan fingerprint density at radius 3 is 0.683 bits per heavy atom. The van der Waals surface area contributed by atoms with Crippen LogP contribution in [-0.4, -0.2) is 13.1 Å². The molecular formula is C39H82OSi. The van der Waals surface area contributed by atoms with Crippen molar-refractivity contribution < 1.29 is 4.80 Å². The fourth-order valence-corrected chi connectivity index (χ4v) is 15.5. The van der Waals surface area contributed by atoms with E-state index in [1.807, 2.05) is 0 Å². The Bertz CT molecular complexity index is 499. The van der Waals surface area contributed by atoms with E-state index in [1.54, 1.807) is 0 Å². The molecular weight excluding hydrogens is 513 g/mol. The van der Waals surface area contributed by atoms with Crippen LogP contribution in [-0.2, 0) is 0 Å². The third kappa shape index (κ3) is 16.2. The van der Waals surface area contributed by atoms with Crippen LogP contribution in [0.3, 0.4) is 0 Å². The molecule has 41 heavy (non-hydrogen) atoms. The molecule has 1 nitrogen and oxygen atoms in total. The normalized spacial score (nSPS) is 13.3. The molecule has 0 radical (unpaired) electrons. The molecule has 0 unspecified atom stereocenters. The monoisotopic (exact) mass is 595 g/mol. The Hall–Kier alpha value is 0.177. The maximum Gasteiger partial charge on any atom is 0.205 e. The highest BCUT2D eigenvalue weighted by Gasteiger charge is 2.63. The lowest BCUT2D eigenvalue weighted by molar-refractivity contribution is 0.301. The number of hydrogen-bond donors (Lipinski definition) is 1. The highest BCUT2D eigenvalue weighted by molar-refractivity contribution is 6.81. The minimum atomic E-state index is -2.69. The molecule has 0 spiro atoms. The van der Waals surface area contributed by atoms with Crippen LogP contribution in [0.4, 0.5) is 0 Å². The highest BCUT2D eigenvalue weighted by Crippen LogP contribution is 2.65. The first kappa shape index (κ1) is 41.2. The molecule has 0 aliphatic carbocycles. The lowest BCUT2D eigenvalue weighted by Gasteiger charge is -2.58. The zero-order valence-corrected chi connectivity index (χ0v) is 31.5. The van der Waals surface area contributed by atoms with Gasteiger partial charge in [0, 0.05) is 0 Å². The van der Waals surface area contributed by atoms with E-state index in [4.69, 9.17) is 0 Å². The topological polar surface area (TPSA) is 20.2 Å². The SMILES string of the molecule is CCCCCCCCCCC(C)(C)[Si](O)(C(C)(C)CCCCCCCCCC)C(C)(C)CCCCCCCCCC. The molecule has 0 aliphatic rings. The first-order valence-electron chi connectivity index (χ1n) is 19.2. The van der Waals surface area contributed by atoms with Gasteiger partial charge in [-0.2, -0.15) is 0 Å². The second-order valence-electron chi connectivity index (χ2n) is 16.0. The summed E-state index contributed by atoms with van der Waals surface area (Å²) in [6.45, 7) is 21.8. The maximum atomic E-state index is 13.2. The molecule has 0 fully saturated rings. The predicted molar refractivity (Wildman–Crippen MR) is 192 cm³/mol. The van der Waals surface area contributed by atoms with Gasteiger partial charge in [-0.25, -0.2) is 0 Å². The Kier molecular flexibility index (Phi) is 23.6. The van der Waals surface area contributed by atoms with E-state index in [0.717, 1.165) is 0 Å². The second kappa shape index (κ2) is 23.5. The largest absolute Gasteiger partial charge is 0.430 e. The first-order chi connectivity index (χ1) is 19.4. The number of unbranched alkanes of at least 4 members (excludes halogenated alkanes) is 21. The van der Waals surface area contributed by atoms with Crippen molar-refractivity contribution in [3.63, 3.8) is 0 Å². The molecule has 0 rings (SSSR count). The van der Waals surface area contributed by atoms with Crippen LogP contribution in [0, 0.1) is 0 Å². The van der Waals surface area contributed by atoms with Gasteiger partial charge in [0.25, 0.3) is 0 Å². The van der Waals surface area contributed by atoms with Crippen LogP contribution in [0.25, 0.3) is 0 Å². The van der Waals surface area contributed by atoms with Gasteiger partial charge in [-0.3, -0.25) is 0 Å². The van der Waals surface area contributed by atoms with Crippen LogP contribution >= 0.6 is 0 Å². The van der Waals surface area contributed by atoms with Crippen LogP contribution in [0.5, 0.6) is 0 Å². The summed E-state index contributed by atoms with van der Waals surface area (Å²) < 4.78 is 0. The molecule has 0 atom stereocenters. The van der Waals surface area contributed by atoms with E-state index < -0.39 is 8.32 Å². The minimum absolute atomic E-state index is 0.0442. The van der Waals surface area contributed by atoms with E-state index in [1.165, 1.54) is 173 Å². The van der Waals surface area contributed by atoms with Gasteiger partial charge >= 0.3 is 0 Å². The standard InChI is InChI=1S/C39H82OSi/c1-10-13-16-19-22-25-28-31-34-37(4,5)41(40,38(6,7)35-32-29-26-23-20-17-14-11-2)39(8,9)36-33-30-27-24-21-18-15-12-3/h40H,10-36H2,1-9H3. The van der Waals surface area contributed by atoms with Crippen molar-refractivity contribution in [2.45, 2.75) is 251 Å². The first-order valence-corrected chi connectivity index (χ1v) is 21.1. The van der Waals surface area contributed by atoms with Gasteiger partial charge in [0.1, 0.15) is 0 Å². The molecule has 0 aromatic carbocycles. The van der Waals surface area contributed by atoms with Crippen LogP contribution in [0.1, 0.15) is 236 Å². The van der Waals surface area contributed by atoms with Gasteiger partial charge in [0.05, 0.1) is 0 Å². The second-order valence-corrected chi connectivity index (χ2v) is 21.5. The average Bonchev–Trinajstić information content (AvgIpc) is 2.92. The summed E-state index contributed by atoms with van der Waals surface area (Å²) in [5.74, 6) is 0. The van der Waals surface area contributed by atoms with Gasteiger partial charge in [-0.05, 0) is 34.4 Å². The van der Waals surface area contributed by atoms with E-state index in [0.29, 0.717) is 0 Å². The minimum Gasteiger partial charge on any atom is -0.430 e. The predicted octanol–water partition coefficient (Wildman–Crippen LogP) is 14.9. The molecule has 1 N–H and O–H groups in total. The Morgan fingerprint density at radius 2 is 0.488 bits per heavy atom. The van der Waals surface area contributed by atoms with Crippen molar-refractivity contribution in [1.82, 2.24) is 0 Å². The molecule has 0 aromatic heterocycles. The summed E-state index contributed by atoms with van der Waals surface area (Å²) >= 11 is 0. The van der Waals surface area contributed by atoms with Crippen LogP contribution < -0.4 is 0 Å². The van der Waals surface area contributed by atoms with Crippen molar-refractivity contribution in [2.75, 3.05) is 0 Å². The van der Waals surface area contributed by atoms with Crippen molar-refractivity contribution in [2.24, 2.45) is 0 Å². The maximum absolute atomic E-state index is 13.2. The van der Waals surface area contributed by atoms with Gasteiger partial charge in [0.2, 0.25) is 8.32 Å². The quantitative estimate of drug-likeness (QED) is 0.0647. The van der Waals surface area contributed by atoms with Crippen LogP contribution in [0.2, 0.25) is 15.1 Å². The molecule has 0 aliphatic heterocycles. The van der Waals surface area contributed by atoms with E-state index >= 15 is 0 Å². The van der Waals surface area contributed by atoms with Gasteiger partial charge in [-0.15, -0.1) is 0 Å². The molecule has 0 saturated carbocycles. The Balaban J connectivity index is 5.25. The molecule has 248 valence electrons. The summed E-state index contributed by atoms with van der Waals surface area (Å²) in [6, 6.07) is 0. The summed E-state index contributed by atoms with van der Waals surface area (Å²) in [5.41, 5.74) is 0. The lowest BCUT2D eigenvalue weighted by atomic mass is 9.99. The van der Waals surface area contributed by atoms with Gasteiger partial charge < -0.3 is 4.80 Å². The smallest absolute Gasteiger partial charge is 0.205 e. The molecule has 0 amide bonds. The van der Waals surface area contributed by atoms with Crippen molar-refractivity contribution >= 4 is 8.32 Å². The lowest BCUT2D eigenvalue weighted by Crippen LogP contribution is -2.61. The molecule has 0 aromatic rings. The zero-order chi connectivity index (χ0) is 31.1. The van der Waals surface area contributed by atoms with E-state index in [2.05, 4.69) is 62.3 Å². The summed E-state index contributed by atoms with van der Waals surface area (Å²) in [5, 5.41) is 0.132. The fourth-order valence-electron chi connectivity index (χ4n) is 8.39. The van der Waals surface area contributed by atoms with E-state index in [-0.39, 0.29) is 15.1 Å². The summed E-state index contributed by atoms with van der Waals surface area (Å²) in [4.78, 5) is 13.2. The molecule has 0 bridgehead atoms. The fraction of sp³-hybridized carbons (Fsp3) is 1.00. The number of hydrogen-bond acceptors (Lipinski definition) is 1. The van der Waals surface area contributed by atoms with E-state index in [9.17, 15) is 4.80 Å².